The first-order chi connectivity index (χ1) is 12.7. The lowest BCUT2D eigenvalue weighted by Gasteiger charge is -2.38. The third-order valence-electron chi connectivity index (χ3n) is 5.93. The normalized spacial score (nSPS) is 23.3. The Morgan fingerprint density at radius 2 is 1.85 bits per heavy atom. The Labute approximate surface area is 153 Å². The molecule has 3 aromatic carbocycles. The van der Waals surface area contributed by atoms with Crippen LogP contribution in [0.5, 0.6) is 0 Å². The minimum absolute atomic E-state index is 0.127. The maximum Gasteiger partial charge on any atom is 0.159 e. The van der Waals surface area contributed by atoms with E-state index in [1.165, 1.54) is 21.9 Å². The first kappa shape index (κ1) is 15.4. The summed E-state index contributed by atoms with van der Waals surface area (Å²) in [5.74, 6) is 0.979. The maximum atomic E-state index is 11.8. The molecule has 5 rings (SSSR count). The van der Waals surface area contributed by atoms with E-state index in [0.29, 0.717) is 11.8 Å². The minimum Gasteiger partial charge on any atom is -0.378 e. The molecule has 2 nitrogen and oxygen atoms in total. The van der Waals surface area contributed by atoms with Gasteiger partial charge in [-0.2, -0.15) is 0 Å². The maximum absolute atomic E-state index is 11.8. The standard InChI is InChI=1S/C24H21NO/c1-15(26)17-12-13-23-22(14-17)19-9-5-11-21(19)24(25-23)20-10-4-7-16-6-2-3-8-18(16)20/h2-10,12-14,19,21,24-25H,11H2,1H3. The highest BCUT2D eigenvalue weighted by Gasteiger charge is 2.38. The van der Waals surface area contributed by atoms with E-state index in [-0.39, 0.29) is 11.8 Å². The SMILES string of the molecule is CC(=O)c1ccc2c(c1)C1C=CCC1C(c1cccc3ccccc13)N2. The molecule has 0 spiro atoms. The number of benzene rings is 3. The summed E-state index contributed by atoms with van der Waals surface area (Å²) in [6.07, 6.45) is 5.69. The molecule has 2 heteroatoms. The molecule has 128 valence electrons. The first-order valence-electron chi connectivity index (χ1n) is 9.28. The van der Waals surface area contributed by atoms with Crippen LogP contribution in [0.2, 0.25) is 0 Å². The summed E-state index contributed by atoms with van der Waals surface area (Å²) in [7, 11) is 0. The zero-order valence-corrected chi connectivity index (χ0v) is 14.8. The van der Waals surface area contributed by atoms with Crippen LogP contribution in [-0.2, 0) is 0 Å². The van der Waals surface area contributed by atoms with Crippen molar-refractivity contribution in [2.75, 3.05) is 5.32 Å². The number of rotatable bonds is 2. The Kier molecular flexibility index (Phi) is 3.46. The average molecular weight is 339 g/mol. The van der Waals surface area contributed by atoms with Gasteiger partial charge in [0.05, 0.1) is 6.04 Å². The van der Waals surface area contributed by atoms with Crippen molar-refractivity contribution in [2.24, 2.45) is 5.92 Å². The van der Waals surface area contributed by atoms with Crippen molar-refractivity contribution in [3.63, 3.8) is 0 Å². The summed E-state index contributed by atoms with van der Waals surface area (Å²) in [6.45, 7) is 1.64. The molecule has 3 atom stereocenters. The molecule has 0 radical (unpaired) electrons. The highest BCUT2D eigenvalue weighted by Crippen LogP contribution is 2.50. The van der Waals surface area contributed by atoms with Gasteiger partial charge in [-0.15, -0.1) is 0 Å². The van der Waals surface area contributed by atoms with Crippen LogP contribution in [0, 0.1) is 5.92 Å². The van der Waals surface area contributed by atoms with Gasteiger partial charge in [0, 0.05) is 17.2 Å². The van der Waals surface area contributed by atoms with Gasteiger partial charge >= 0.3 is 0 Å². The van der Waals surface area contributed by atoms with Crippen LogP contribution in [0.3, 0.4) is 0 Å². The number of anilines is 1. The summed E-state index contributed by atoms with van der Waals surface area (Å²) in [4.78, 5) is 11.8. The van der Waals surface area contributed by atoms with E-state index in [0.717, 1.165) is 17.7 Å². The number of Topliss-reactive ketones (excluding diaryl/α,β-unsaturated/α-hetero) is 1. The molecule has 0 bridgehead atoms. The molecular weight excluding hydrogens is 318 g/mol. The van der Waals surface area contributed by atoms with Crippen molar-refractivity contribution in [1.82, 2.24) is 0 Å². The van der Waals surface area contributed by atoms with Crippen molar-refractivity contribution in [2.45, 2.75) is 25.3 Å². The molecule has 1 aliphatic carbocycles. The molecule has 0 aromatic heterocycles. The largest absolute Gasteiger partial charge is 0.378 e. The lowest BCUT2D eigenvalue weighted by atomic mass is 9.75. The monoisotopic (exact) mass is 339 g/mol. The number of hydrogen-bond donors (Lipinski definition) is 1. The average Bonchev–Trinajstić information content (AvgIpc) is 3.16. The van der Waals surface area contributed by atoms with Crippen molar-refractivity contribution >= 4 is 22.2 Å². The molecule has 3 unspecified atom stereocenters. The summed E-state index contributed by atoms with van der Waals surface area (Å²) in [6, 6.07) is 21.6. The van der Waals surface area contributed by atoms with Crippen molar-refractivity contribution < 1.29 is 4.79 Å². The summed E-state index contributed by atoms with van der Waals surface area (Å²) >= 11 is 0. The Morgan fingerprint density at radius 1 is 1.00 bits per heavy atom. The Bertz CT molecular complexity index is 1040. The lowest BCUT2D eigenvalue weighted by Crippen LogP contribution is -2.29. The van der Waals surface area contributed by atoms with E-state index in [1.54, 1.807) is 6.92 Å². The molecular formula is C24H21NO. The summed E-state index contributed by atoms with van der Waals surface area (Å²) in [5, 5.41) is 6.40. The molecule has 0 fully saturated rings. The second-order valence-corrected chi connectivity index (χ2v) is 7.40. The van der Waals surface area contributed by atoms with Crippen LogP contribution in [0.1, 0.15) is 46.8 Å². The lowest BCUT2D eigenvalue weighted by molar-refractivity contribution is 0.101. The van der Waals surface area contributed by atoms with Gasteiger partial charge in [-0.05, 0) is 59.4 Å². The number of carbonyl (C=O) groups is 1. The third kappa shape index (κ3) is 2.29. The number of nitrogens with one attached hydrogen (secondary N) is 1. The molecule has 1 N–H and O–H groups in total. The van der Waals surface area contributed by atoms with E-state index in [4.69, 9.17) is 0 Å². The highest BCUT2D eigenvalue weighted by molar-refractivity contribution is 5.95. The third-order valence-corrected chi connectivity index (χ3v) is 5.93. The Hall–Kier alpha value is -2.87. The van der Waals surface area contributed by atoms with Crippen LogP contribution >= 0.6 is 0 Å². The van der Waals surface area contributed by atoms with E-state index < -0.39 is 0 Å². The molecule has 1 aliphatic heterocycles. The molecule has 0 saturated carbocycles. The predicted octanol–water partition coefficient (Wildman–Crippen LogP) is 5.87. The second kappa shape index (κ2) is 5.84. The fourth-order valence-electron chi connectivity index (χ4n) is 4.64. The quantitative estimate of drug-likeness (QED) is 0.467. The fourth-order valence-corrected chi connectivity index (χ4v) is 4.64. The topological polar surface area (TPSA) is 29.1 Å². The smallest absolute Gasteiger partial charge is 0.159 e. The van der Waals surface area contributed by atoms with Crippen LogP contribution in [0.25, 0.3) is 10.8 Å². The Balaban J connectivity index is 1.65. The first-order valence-corrected chi connectivity index (χ1v) is 9.28. The number of carbonyl (C=O) groups excluding carboxylic acids is 1. The summed E-state index contributed by atoms with van der Waals surface area (Å²) in [5.41, 5.74) is 4.57. The van der Waals surface area contributed by atoms with Crippen LogP contribution in [0.15, 0.2) is 72.8 Å². The van der Waals surface area contributed by atoms with E-state index in [9.17, 15) is 4.79 Å². The van der Waals surface area contributed by atoms with Gasteiger partial charge in [0.15, 0.2) is 5.78 Å². The van der Waals surface area contributed by atoms with Crippen molar-refractivity contribution in [1.29, 1.82) is 0 Å². The van der Waals surface area contributed by atoms with Crippen molar-refractivity contribution in [3.8, 4) is 0 Å². The molecule has 0 amide bonds. The van der Waals surface area contributed by atoms with Crippen LogP contribution in [-0.4, -0.2) is 5.78 Å². The second-order valence-electron chi connectivity index (χ2n) is 7.40. The number of allylic oxidation sites excluding steroid dienone is 2. The predicted molar refractivity (Wildman–Crippen MR) is 107 cm³/mol. The van der Waals surface area contributed by atoms with Gasteiger partial charge < -0.3 is 5.32 Å². The van der Waals surface area contributed by atoms with Gasteiger partial charge in [0.25, 0.3) is 0 Å². The number of fused-ring (bicyclic) bond motifs is 4. The molecule has 0 saturated heterocycles. The zero-order chi connectivity index (χ0) is 17.7. The van der Waals surface area contributed by atoms with Gasteiger partial charge in [0.2, 0.25) is 0 Å². The molecule has 26 heavy (non-hydrogen) atoms. The van der Waals surface area contributed by atoms with E-state index in [2.05, 4.69) is 72.1 Å². The zero-order valence-electron chi connectivity index (χ0n) is 14.8. The van der Waals surface area contributed by atoms with E-state index in [1.807, 2.05) is 6.07 Å². The minimum atomic E-state index is 0.127. The molecule has 2 aliphatic rings. The van der Waals surface area contributed by atoms with Gasteiger partial charge in [-0.25, -0.2) is 0 Å². The van der Waals surface area contributed by atoms with Crippen LogP contribution < -0.4 is 5.32 Å². The Morgan fingerprint density at radius 3 is 2.73 bits per heavy atom. The van der Waals surface area contributed by atoms with Gasteiger partial charge in [-0.3, -0.25) is 4.79 Å². The fraction of sp³-hybridized carbons (Fsp3) is 0.208. The number of ketones is 1. The molecule has 1 heterocycles. The van der Waals surface area contributed by atoms with Crippen molar-refractivity contribution in [3.05, 3.63) is 89.5 Å². The van der Waals surface area contributed by atoms with E-state index >= 15 is 0 Å². The van der Waals surface area contributed by atoms with Gasteiger partial charge in [-0.1, -0.05) is 54.6 Å². The number of hydrogen-bond acceptors (Lipinski definition) is 2. The van der Waals surface area contributed by atoms with Crippen LogP contribution in [0.4, 0.5) is 5.69 Å². The molecule has 3 aromatic rings. The summed E-state index contributed by atoms with van der Waals surface area (Å²) < 4.78 is 0. The van der Waals surface area contributed by atoms with Gasteiger partial charge in [0.1, 0.15) is 0 Å². The highest BCUT2D eigenvalue weighted by atomic mass is 16.1.